The van der Waals surface area contributed by atoms with Crippen LogP contribution < -0.4 is 14.7 Å². The summed E-state index contributed by atoms with van der Waals surface area (Å²) in [6, 6.07) is 10.5. The van der Waals surface area contributed by atoms with Gasteiger partial charge in [-0.1, -0.05) is 29.3 Å². The van der Waals surface area contributed by atoms with Gasteiger partial charge in [0.25, 0.3) is 0 Å². The highest BCUT2D eigenvalue weighted by molar-refractivity contribution is 6.33. The number of nitrogens with zero attached hydrogens (tertiary/aromatic N) is 6. The molecule has 2 aliphatic rings. The number of halogens is 3. The number of rotatable bonds is 4. The summed E-state index contributed by atoms with van der Waals surface area (Å²) in [5.74, 6) is 1.75. The van der Waals surface area contributed by atoms with Crippen LogP contribution >= 0.6 is 23.2 Å². The molecule has 0 amide bonds. The van der Waals surface area contributed by atoms with Gasteiger partial charge < -0.3 is 19.4 Å². The first kappa shape index (κ1) is 23.1. The Bertz CT molecular complexity index is 1180. The van der Waals surface area contributed by atoms with Crippen molar-refractivity contribution >= 4 is 40.8 Å². The molecular weight excluding hydrogens is 478 g/mol. The zero-order valence-electron chi connectivity index (χ0n) is 18.8. The molecule has 0 saturated carbocycles. The van der Waals surface area contributed by atoms with Gasteiger partial charge in [-0.15, -0.1) is 0 Å². The van der Waals surface area contributed by atoms with Gasteiger partial charge in [-0.3, -0.25) is 0 Å². The van der Waals surface area contributed by atoms with Crippen molar-refractivity contribution in [1.29, 1.82) is 0 Å². The fourth-order valence-corrected chi connectivity index (χ4v) is 4.74. The monoisotopic (exact) mass is 502 g/mol. The molecule has 0 bridgehead atoms. The van der Waals surface area contributed by atoms with Crippen molar-refractivity contribution in [2.45, 2.75) is 13.0 Å². The van der Waals surface area contributed by atoms with Crippen molar-refractivity contribution in [2.24, 2.45) is 0 Å². The molecule has 34 heavy (non-hydrogen) atoms. The lowest BCUT2D eigenvalue weighted by Gasteiger charge is -2.41. The molecule has 5 rings (SSSR count). The van der Waals surface area contributed by atoms with E-state index < -0.39 is 5.82 Å². The molecule has 0 aliphatic carbocycles. The number of anilines is 3. The molecule has 1 aromatic carbocycles. The standard InChI is InChI=1S/C24H25Cl2FN6O/c1-16-15-32(23-19(26)3-2-6-28-23)7-8-33(16)22-14-21(17-4-5-18(25)20(27)13-17)29-24(30-22)31-9-11-34-12-10-31/h2-6,13-14,16H,7-12,15H2,1H3/t16-/m1/s1. The molecule has 2 fully saturated rings. The molecule has 0 radical (unpaired) electrons. The van der Waals surface area contributed by atoms with Crippen LogP contribution in [-0.2, 0) is 4.74 Å². The summed E-state index contributed by atoms with van der Waals surface area (Å²) in [5, 5.41) is 0.733. The van der Waals surface area contributed by atoms with Crippen molar-refractivity contribution in [3.63, 3.8) is 0 Å². The Morgan fingerprint density at radius 1 is 0.971 bits per heavy atom. The van der Waals surface area contributed by atoms with Gasteiger partial charge in [0.05, 0.1) is 29.0 Å². The molecular formula is C24H25Cl2FN6O. The topological polar surface area (TPSA) is 57.6 Å². The summed E-state index contributed by atoms with van der Waals surface area (Å²) in [4.78, 5) is 20.7. The molecule has 4 heterocycles. The summed E-state index contributed by atoms with van der Waals surface area (Å²) >= 11 is 12.3. The van der Waals surface area contributed by atoms with Crippen molar-refractivity contribution < 1.29 is 9.13 Å². The fourth-order valence-electron chi connectivity index (χ4n) is 4.38. The van der Waals surface area contributed by atoms with Gasteiger partial charge in [0.1, 0.15) is 17.5 Å². The third-order valence-corrected chi connectivity index (χ3v) is 6.77. The van der Waals surface area contributed by atoms with E-state index in [0.717, 1.165) is 31.3 Å². The lowest BCUT2D eigenvalue weighted by molar-refractivity contribution is 0.122. The van der Waals surface area contributed by atoms with Crippen molar-refractivity contribution in [3.8, 4) is 11.3 Å². The number of hydrogen-bond donors (Lipinski definition) is 0. The van der Waals surface area contributed by atoms with Crippen LogP contribution in [0.5, 0.6) is 0 Å². The van der Waals surface area contributed by atoms with Crippen LogP contribution in [0, 0.1) is 5.82 Å². The van der Waals surface area contributed by atoms with Crippen LogP contribution in [-0.4, -0.2) is 66.9 Å². The molecule has 0 unspecified atom stereocenters. The Morgan fingerprint density at radius 3 is 2.53 bits per heavy atom. The van der Waals surface area contributed by atoms with Gasteiger partial charge in [-0.2, -0.15) is 4.98 Å². The van der Waals surface area contributed by atoms with E-state index in [9.17, 15) is 4.39 Å². The number of morpholine rings is 1. The van der Waals surface area contributed by atoms with E-state index in [1.54, 1.807) is 18.3 Å². The molecule has 0 N–H and O–H groups in total. The van der Waals surface area contributed by atoms with Gasteiger partial charge in [-0.25, -0.2) is 14.4 Å². The van der Waals surface area contributed by atoms with Gasteiger partial charge >= 0.3 is 0 Å². The lowest BCUT2D eigenvalue weighted by atomic mass is 10.1. The highest BCUT2D eigenvalue weighted by Gasteiger charge is 2.28. The first-order chi connectivity index (χ1) is 16.5. The maximum absolute atomic E-state index is 14.2. The third kappa shape index (κ3) is 4.76. The minimum Gasteiger partial charge on any atom is -0.378 e. The molecule has 2 aromatic heterocycles. The highest BCUT2D eigenvalue weighted by atomic mass is 35.5. The predicted octanol–water partition coefficient (Wildman–Crippen LogP) is 4.54. The molecule has 10 heteroatoms. The van der Waals surface area contributed by atoms with Crippen LogP contribution in [0.4, 0.5) is 22.0 Å². The number of aromatic nitrogens is 3. The second-order valence-electron chi connectivity index (χ2n) is 8.44. The van der Waals surface area contributed by atoms with Crippen molar-refractivity contribution in [2.75, 3.05) is 60.6 Å². The smallest absolute Gasteiger partial charge is 0.228 e. The zero-order chi connectivity index (χ0) is 23.7. The summed E-state index contributed by atoms with van der Waals surface area (Å²) in [6.07, 6.45) is 1.76. The summed E-state index contributed by atoms with van der Waals surface area (Å²) in [5.41, 5.74) is 1.32. The van der Waals surface area contributed by atoms with E-state index >= 15 is 0 Å². The third-order valence-electron chi connectivity index (χ3n) is 6.17. The van der Waals surface area contributed by atoms with Crippen molar-refractivity contribution in [3.05, 3.63) is 58.5 Å². The minimum absolute atomic E-state index is 0.0874. The Balaban J connectivity index is 1.47. The van der Waals surface area contributed by atoms with E-state index in [4.69, 9.17) is 37.9 Å². The molecule has 3 aromatic rings. The molecule has 2 aliphatic heterocycles. The predicted molar refractivity (Wildman–Crippen MR) is 134 cm³/mol. The SMILES string of the molecule is C[C@@H]1CN(c2ncccc2Cl)CCN1c1cc(-c2ccc(Cl)c(F)c2)nc(N2CCOCC2)n1. The number of hydrogen-bond acceptors (Lipinski definition) is 7. The fraction of sp³-hybridized carbons (Fsp3) is 0.375. The van der Waals surface area contributed by atoms with Crippen LogP contribution in [0.15, 0.2) is 42.6 Å². The second-order valence-corrected chi connectivity index (χ2v) is 9.25. The Hall–Kier alpha value is -2.68. The zero-order valence-corrected chi connectivity index (χ0v) is 20.3. The Labute approximate surface area is 208 Å². The first-order valence-corrected chi connectivity index (χ1v) is 12.0. The van der Waals surface area contributed by atoms with E-state index in [-0.39, 0.29) is 11.1 Å². The van der Waals surface area contributed by atoms with Crippen LogP contribution in [0.2, 0.25) is 10.0 Å². The van der Waals surface area contributed by atoms with Gasteiger partial charge in [0.2, 0.25) is 5.95 Å². The van der Waals surface area contributed by atoms with Crippen LogP contribution in [0.25, 0.3) is 11.3 Å². The van der Waals surface area contributed by atoms with Gasteiger partial charge in [0, 0.05) is 56.6 Å². The average molecular weight is 503 g/mol. The molecule has 7 nitrogen and oxygen atoms in total. The second kappa shape index (κ2) is 9.90. The normalized spacial score (nSPS) is 18.9. The molecule has 2 saturated heterocycles. The lowest BCUT2D eigenvalue weighted by Crippen LogP contribution is -2.53. The summed E-state index contributed by atoms with van der Waals surface area (Å²) in [7, 11) is 0. The van der Waals surface area contributed by atoms with Crippen LogP contribution in [0.1, 0.15) is 6.92 Å². The van der Waals surface area contributed by atoms with E-state index in [0.29, 0.717) is 48.5 Å². The van der Waals surface area contributed by atoms with Gasteiger partial charge in [-0.05, 0) is 31.2 Å². The largest absolute Gasteiger partial charge is 0.378 e. The van der Waals surface area contributed by atoms with E-state index in [2.05, 4.69) is 26.6 Å². The maximum atomic E-state index is 14.2. The molecule has 178 valence electrons. The van der Waals surface area contributed by atoms with Crippen LogP contribution in [0.3, 0.4) is 0 Å². The minimum atomic E-state index is -0.471. The number of piperazine rings is 1. The van der Waals surface area contributed by atoms with E-state index in [1.807, 2.05) is 18.2 Å². The Kier molecular flexibility index (Phi) is 6.72. The van der Waals surface area contributed by atoms with Crippen molar-refractivity contribution in [1.82, 2.24) is 15.0 Å². The summed E-state index contributed by atoms with van der Waals surface area (Å²) < 4.78 is 19.7. The molecule has 0 spiro atoms. The number of ether oxygens (including phenoxy) is 1. The first-order valence-electron chi connectivity index (χ1n) is 11.3. The van der Waals surface area contributed by atoms with Gasteiger partial charge in [0.15, 0.2) is 0 Å². The maximum Gasteiger partial charge on any atom is 0.228 e. The Morgan fingerprint density at radius 2 is 1.79 bits per heavy atom. The highest BCUT2D eigenvalue weighted by Crippen LogP contribution is 2.31. The number of benzene rings is 1. The molecule has 1 atom stereocenters. The number of pyridine rings is 1. The quantitative estimate of drug-likeness (QED) is 0.519. The summed E-state index contributed by atoms with van der Waals surface area (Å²) in [6.45, 7) is 7.06. The van der Waals surface area contributed by atoms with E-state index in [1.165, 1.54) is 6.07 Å². The average Bonchev–Trinajstić information content (AvgIpc) is 2.86.